The van der Waals surface area contributed by atoms with E-state index in [9.17, 15) is 4.79 Å². The number of aliphatic hydroxyl groups is 1. The average Bonchev–Trinajstić information content (AvgIpc) is 2.27. The highest BCUT2D eigenvalue weighted by Crippen LogP contribution is 2.11. The molecule has 1 aromatic carbocycles. The molecule has 1 N–H and O–H groups in total. The summed E-state index contributed by atoms with van der Waals surface area (Å²) in [4.78, 5) is 13.1. The smallest absolute Gasteiger partial charge is 0.246 e. The minimum atomic E-state index is -0.509. The number of hydrogen-bond donors (Lipinski definition) is 1. The molecule has 3 nitrogen and oxygen atoms in total. The largest absolute Gasteiger partial charge is 0.392 e. The van der Waals surface area contributed by atoms with Gasteiger partial charge in [0.2, 0.25) is 5.91 Å². The van der Waals surface area contributed by atoms with Crippen LogP contribution in [0.5, 0.6) is 0 Å². The van der Waals surface area contributed by atoms with Crippen molar-refractivity contribution in [2.24, 2.45) is 0 Å². The van der Waals surface area contributed by atoms with E-state index in [1.54, 1.807) is 20.0 Å². The van der Waals surface area contributed by atoms with Crippen molar-refractivity contribution in [1.82, 2.24) is 4.90 Å². The molecule has 92 valence electrons. The highest BCUT2D eigenvalue weighted by Gasteiger charge is 2.06. The third-order valence-electron chi connectivity index (χ3n) is 2.20. The van der Waals surface area contributed by atoms with Crippen molar-refractivity contribution in [2.75, 3.05) is 13.6 Å². The maximum Gasteiger partial charge on any atom is 0.246 e. The highest BCUT2D eigenvalue weighted by atomic mass is 79.9. The molecule has 17 heavy (non-hydrogen) atoms. The molecule has 0 aliphatic carbocycles. The van der Waals surface area contributed by atoms with Crippen molar-refractivity contribution in [3.8, 4) is 0 Å². The first kappa shape index (κ1) is 13.9. The van der Waals surface area contributed by atoms with Crippen molar-refractivity contribution < 1.29 is 9.90 Å². The van der Waals surface area contributed by atoms with Gasteiger partial charge in [0.25, 0.3) is 0 Å². The van der Waals surface area contributed by atoms with E-state index >= 15 is 0 Å². The summed E-state index contributed by atoms with van der Waals surface area (Å²) in [6.07, 6.45) is 2.75. The predicted octanol–water partition coefficient (Wildman–Crippen LogP) is 2.30. The van der Waals surface area contributed by atoms with Gasteiger partial charge in [-0.25, -0.2) is 0 Å². The minimum Gasteiger partial charge on any atom is -0.392 e. The average molecular weight is 298 g/mol. The molecule has 0 saturated carbocycles. The fourth-order valence-corrected chi connectivity index (χ4v) is 1.62. The van der Waals surface area contributed by atoms with Gasteiger partial charge in [-0.2, -0.15) is 0 Å². The molecule has 1 atom stereocenters. The Balaban J connectivity index is 2.58. The summed E-state index contributed by atoms with van der Waals surface area (Å²) in [6.45, 7) is 1.99. The fraction of sp³-hybridized carbons (Fsp3) is 0.308. The molecule has 0 heterocycles. The van der Waals surface area contributed by atoms with Gasteiger partial charge in [-0.05, 0) is 30.7 Å². The minimum absolute atomic E-state index is 0.117. The number of rotatable bonds is 4. The molecule has 1 aromatic rings. The maximum absolute atomic E-state index is 11.6. The van der Waals surface area contributed by atoms with E-state index in [1.807, 2.05) is 24.3 Å². The molecule has 0 aromatic heterocycles. The van der Waals surface area contributed by atoms with Gasteiger partial charge in [0.1, 0.15) is 0 Å². The number of amides is 1. The molecule has 1 rings (SSSR count). The zero-order valence-electron chi connectivity index (χ0n) is 9.93. The lowest BCUT2D eigenvalue weighted by Gasteiger charge is -2.16. The number of carbonyl (C=O) groups is 1. The van der Waals surface area contributed by atoms with Crippen LogP contribution in [0, 0.1) is 0 Å². The Morgan fingerprint density at radius 2 is 2.06 bits per heavy atom. The van der Waals surface area contributed by atoms with E-state index < -0.39 is 6.10 Å². The van der Waals surface area contributed by atoms with Crippen molar-refractivity contribution in [1.29, 1.82) is 0 Å². The van der Waals surface area contributed by atoms with Crippen LogP contribution < -0.4 is 0 Å². The lowest BCUT2D eigenvalue weighted by Crippen LogP contribution is -2.31. The summed E-state index contributed by atoms with van der Waals surface area (Å²) in [5.41, 5.74) is 0.965. The van der Waals surface area contributed by atoms with Crippen molar-refractivity contribution in [3.05, 3.63) is 40.4 Å². The van der Waals surface area contributed by atoms with Crippen LogP contribution in [-0.4, -0.2) is 35.6 Å². The van der Waals surface area contributed by atoms with Gasteiger partial charge in [-0.1, -0.05) is 28.1 Å². The summed E-state index contributed by atoms with van der Waals surface area (Å²) in [5.74, 6) is -0.117. The quantitative estimate of drug-likeness (QED) is 0.867. The Bertz CT molecular complexity index is 398. The number of aliphatic hydroxyl groups excluding tert-OH is 1. The molecule has 0 bridgehead atoms. The van der Waals surface area contributed by atoms with Crippen LogP contribution in [-0.2, 0) is 4.79 Å². The second kappa shape index (κ2) is 6.57. The first-order chi connectivity index (χ1) is 7.99. The number of likely N-dealkylation sites (N-methyl/N-ethyl adjacent to an activating group) is 1. The monoisotopic (exact) mass is 297 g/mol. The lowest BCUT2D eigenvalue weighted by atomic mass is 10.2. The zero-order chi connectivity index (χ0) is 12.8. The van der Waals surface area contributed by atoms with Crippen LogP contribution in [0.15, 0.2) is 34.8 Å². The molecular weight excluding hydrogens is 282 g/mol. The van der Waals surface area contributed by atoms with Gasteiger partial charge in [-0.15, -0.1) is 0 Å². The molecule has 0 saturated heterocycles. The van der Waals surface area contributed by atoms with E-state index in [4.69, 9.17) is 5.11 Å². The van der Waals surface area contributed by atoms with Crippen LogP contribution in [0.3, 0.4) is 0 Å². The number of hydrogen-bond acceptors (Lipinski definition) is 2. The number of carbonyl (C=O) groups excluding carboxylic acids is 1. The van der Waals surface area contributed by atoms with Crippen LogP contribution in [0.2, 0.25) is 0 Å². The predicted molar refractivity (Wildman–Crippen MR) is 72.5 cm³/mol. The summed E-state index contributed by atoms with van der Waals surface area (Å²) >= 11 is 3.35. The molecule has 0 spiro atoms. The van der Waals surface area contributed by atoms with E-state index in [0.29, 0.717) is 6.54 Å². The second-order valence-electron chi connectivity index (χ2n) is 3.95. The van der Waals surface area contributed by atoms with Gasteiger partial charge >= 0.3 is 0 Å². The lowest BCUT2D eigenvalue weighted by molar-refractivity contribution is -0.125. The van der Waals surface area contributed by atoms with Crippen molar-refractivity contribution in [3.63, 3.8) is 0 Å². The van der Waals surface area contributed by atoms with Gasteiger partial charge in [0.05, 0.1) is 6.10 Å². The van der Waals surface area contributed by atoms with Crippen molar-refractivity contribution >= 4 is 27.9 Å². The van der Waals surface area contributed by atoms with E-state index in [2.05, 4.69) is 15.9 Å². The van der Waals surface area contributed by atoms with Gasteiger partial charge < -0.3 is 10.0 Å². The molecule has 0 aliphatic rings. The summed E-state index contributed by atoms with van der Waals surface area (Å²) < 4.78 is 1.01. The molecule has 4 heteroatoms. The van der Waals surface area contributed by atoms with Gasteiger partial charge in [-0.3, -0.25) is 4.79 Å². The molecule has 1 unspecified atom stereocenters. The summed E-state index contributed by atoms with van der Waals surface area (Å²) in [5, 5.41) is 9.16. The Morgan fingerprint density at radius 3 is 2.59 bits per heavy atom. The Kier molecular flexibility index (Phi) is 5.38. The number of halogens is 1. The van der Waals surface area contributed by atoms with Crippen LogP contribution in [0.25, 0.3) is 6.08 Å². The van der Waals surface area contributed by atoms with Crippen LogP contribution >= 0.6 is 15.9 Å². The third kappa shape index (κ3) is 5.15. The highest BCUT2D eigenvalue weighted by molar-refractivity contribution is 9.10. The third-order valence-corrected chi connectivity index (χ3v) is 2.73. The summed E-state index contributed by atoms with van der Waals surface area (Å²) in [6, 6.07) is 7.68. The van der Waals surface area contributed by atoms with Crippen LogP contribution in [0.1, 0.15) is 12.5 Å². The summed E-state index contributed by atoms with van der Waals surface area (Å²) in [7, 11) is 1.67. The molecule has 0 fully saturated rings. The first-order valence-electron chi connectivity index (χ1n) is 5.36. The molecule has 1 amide bonds. The van der Waals surface area contributed by atoms with Crippen molar-refractivity contribution in [2.45, 2.75) is 13.0 Å². The molecular formula is C13H16BrNO2. The first-order valence-corrected chi connectivity index (χ1v) is 6.15. The van der Waals surface area contributed by atoms with Crippen LogP contribution in [0.4, 0.5) is 0 Å². The van der Waals surface area contributed by atoms with Gasteiger partial charge in [0.15, 0.2) is 0 Å². The topological polar surface area (TPSA) is 40.5 Å². The Hall–Kier alpha value is -1.13. The molecule has 0 aliphatic heterocycles. The second-order valence-corrected chi connectivity index (χ2v) is 4.87. The Morgan fingerprint density at radius 1 is 1.47 bits per heavy atom. The van der Waals surface area contributed by atoms with E-state index in [0.717, 1.165) is 10.0 Å². The molecule has 0 radical (unpaired) electrons. The van der Waals surface area contributed by atoms with Gasteiger partial charge in [0, 0.05) is 24.1 Å². The maximum atomic E-state index is 11.6. The Labute approximate surface area is 110 Å². The standard InChI is InChI=1S/C13H16BrNO2/c1-10(16)9-15(2)13(17)8-5-11-3-6-12(14)7-4-11/h3-8,10,16H,9H2,1-2H3. The SMILES string of the molecule is CC(O)CN(C)C(=O)C=Cc1ccc(Br)cc1. The van der Waals surface area contributed by atoms with E-state index in [-0.39, 0.29) is 5.91 Å². The number of benzene rings is 1. The normalized spacial score (nSPS) is 12.7. The van der Waals surface area contributed by atoms with E-state index in [1.165, 1.54) is 11.0 Å². The number of nitrogens with zero attached hydrogens (tertiary/aromatic N) is 1. The fourth-order valence-electron chi connectivity index (χ4n) is 1.35. The zero-order valence-corrected chi connectivity index (χ0v) is 11.5.